The molecule has 0 aliphatic heterocycles. The largest absolute Gasteiger partial charge is 0.449 e. The van der Waals surface area contributed by atoms with Gasteiger partial charge in [-0.3, -0.25) is 0 Å². The van der Waals surface area contributed by atoms with E-state index < -0.39 is 24.7 Å². The molecule has 0 aromatic heterocycles. The van der Waals surface area contributed by atoms with Gasteiger partial charge in [0.1, 0.15) is 12.7 Å². The van der Waals surface area contributed by atoms with Gasteiger partial charge in [0.15, 0.2) is 0 Å². The molecule has 1 aliphatic carbocycles. The van der Waals surface area contributed by atoms with Gasteiger partial charge >= 0.3 is 6.09 Å². The Balaban J connectivity index is 1.38. The first-order valence-electron chi connectivity index (χ1n) is 9.67. The highest BCUT2D eigenvalue weighted by Gasteiger charge is 2.40. The third kappa shape index (κ3) is 3.91. The lowest BCUT2D eigenvalue weighted by Crippen LogP contribution is -2.41. The molecule has 0 saturated heterocycles. The van der Waals surface area contributed by atoms with Crippen LogP contribution < -0.4 is 5.32 Å². The molecule has 0 fully saturated rings. The minimum Gasteiger partial charge on any atom is -0.449 e. The van der Waals surface area contributed by atoms with E-state index in [4.69, 9.17) is 4.74 Å². The van der Waals surface area contributed by atoms with Gasteiger partial charge in [-0.05, 0) is 27.8 Å². The first-order chi connectivity index (χ1) is 14.5. The van der Waals surface area contributed by atoms with Crippen LogP contribution >= 0.6 is 0 Å². The molecule has 0 bridgehead atoms. The van der Waals surface area contributed by atoms with Crippen LogP contribution in [0.3, 0.4) is 0 Å². The number of benzene rings is 3. The van der Waals surface area contributed by atoms with E-state index in [1.807, 2.05) is 48.5 Å². The summed E-state index contributed by atoms with van der Waals surface area (Å²) in [6.45, 7) is -0.994. The Morgan fingerprint density at radius 2 is 1.47 bits per heavy atom. The zero-order valence-electron chi connectivity index (χ0n) is 16.1. The van der Waals surface area contributed by atoms with Crippen LogP contribution in [0.4, 0.5) is 13.6 Å². The number of halogens is 2. The van der Waals surface area contributed by atoms with Gasteiger partial charge in [-0.1, -0.05) is 78.9 Å². The highest BCUT2D eigenvalue weighted by Crippen LogP contribution is 2.44. The molecule has 3 aromatic rings. The summed E-state index contributed by atoms with van der Waals surface area (Å²) in [4.78, 5) is 12.1. The number of fused-ring (bicyclic) bond motifs is 3. The number of ether oxygens (including phenoxy) is 1. The zero-order valence-corrected chi connectivity index (χ0v) is 16.1. The van der Waals surface area contributed by atoms with Crippen molar-refractivity contribution in [2.75, 3.05) is 13.2 Å². The molecule has 1 atom stereocenters. The van der Waals surface area contributed by atoms with Gasteiger partial charge in [0.05, 0.1) is 6.54 Å². The third-order valence-electron chi connectivity index (χ3n) is 5.33. The van der Waals surface area contributed by atoms with Crippen LogP contribution in [-0.4, -0.2) is 30.3 Å². The second-order valence-electron chi connectivity index (χ2n) is 7.25. The maximum absolute atomic E-state index is 14.3. The Kier molecular flexibility index (Phi) is 5.50. The predicted octanol–water partition coefficient (Wildman–Crippen LogP) is 4.89. The van der Waals surface area contributed by atoms with Crippen LogP contribution in [0.2, 0.25) is 0 Å². The van der Waals surface area contributed by atoms with E-state index in [2.05, 4.69) is 5.32 Å². The smallest absolute Gasteiger partial charge is 0.407 e. The van der Waals surface area contributed by atoms with Crippen molar-refractivity contribution in [1.82, 2.24) is 5.32 Å². The van der Waals surface area contributed by atoms with Crippen LogP contribution in [0.15, 0.2) is 78.9 Å². The maximum atomic E-state index is 14.3. The molecule has 6 heteroatoms. The molecule has 1 aliphatic rings. The molecule has 0 heterocycles. The van der Waals surface area contributed by atoms with Crippen molar-refractivity contribution in [2.45, 2.75) is 17.9 Å². The van der Waals surface area contributed by atoms with Crippen molar-refractivity contribution in [3.63, 3.8) is 0 Å². The molecule has 0 spiro atoms. The Morgan fingerprint density at radius 3 is 2.07 bits per heavy atom. The quantitative estimate of drug-likeness (QED) is 0.609. The van der Waals surface area contributed by atoms with E-state index >= 15 is 0 Å². The average molecular weight is 409 g/mol. The normalized spacial score (nSPS) is 14.0. The Morgan fingerprint density at radius 1 is 0.933 bits per heavy atom. The lowest BCUT2D eigenvalue weighted by atomic mass is 9.98. The lowest BCUT2D eigenvalue weighted by Gasteiger charge is -2.23. The monoisotopic (exact) mass is 409 g/mol. The summed E-state index contributed by atoms with van der Waals surface area (Å²) in [5.41, 5.74) is 4.32. The van der Waals surface area contributed by atoms with Crippen LogP contribution in [0, 0.1) is 0 Å². The molecule has 3 aromatic carbocycles. The van der Waals surface area contributed by atoms with E-state index in [0.29, 0.717) is 0 Å². The highest BCUT2D eigenvalue weighted by atomic mass is 19.3. The van der Waals surface area contributed by atoms with Gasteiger partial charge in [-0.15, -0.1) is 0 Å². The third-order valence-corrected chi connectivity index (χ3v) is 5.33. The molecule has 30 heavy (non-hydrogen) atoms. The number of rotatable bonds is 6. The second kappa shape index (κ2) is 8.24. The van der Waals surface area contributed by atoms with E-state index in [1.54, 1.807) is 18.2 Å². The molecule has 4 rings (SSSR count). The molecule has 0 saturated carbocycles. The molecular weight excluding hydrogens is 388 g/mol. The fourth-order valence-corrected chi connectivity index (χ4v) is 3.82. The topological polar surface area (TPSA) is 58.6 Å². The van der Waals surface area contributed by atoms with Crippen LogP contribution in [0.25, 0.3) is 11.1 Å². The van der Waals surface area contributed by atoms with Gasteiger partial charge in [0, 0.05) is 5.92 Å². The van der Waals surface area contributed by atoms with Crippen molar-refractivity contribution in [3.05, 3.63) is 95.6 Å². The summed E-state index contributed by atoms with van der Waals surface area (Å²) in [5.74, 6) is -3.69. The first kappa shape index (κ1) is 20.0. The number of carbonyl (C=O) groups excluding carboxylic acids is 1. The number of alkyl halides is 2. The van der Waals surface area contributed by atoms with Crippen molar-refractivity contribution >= 4 is 6.09 Å². The number of amides is 1. The number of aliphatic hydroxyl groups excluding tert-OH is 1. The van der Waals surface area contributed by atoms with Gasteiger partial charge in [-0.2, -0.15) is 0 Å². The number of hydrogen-bond donors (Lipinski definition) is 2. The average Bonchev–Trinajstić information content (AvgIpc) is 3.10. The summed E-state index contributed by atoms with van der Waals surface area (Å²) in [5, 5.41) is 12.0. The summed E-state index contributed by atoms with van der Waals surface area (Å²) >= 11 is 0. The maximum Gasteiger partial charge on any atom is 0.407 e. The molecule has 2 N–H and O–H groups in total. The summed E-state index contributed by atoms with van der Waals surface area (Å²) in [7, 11) is 0. The number of alkyl carbamates (subject to hydrolysis) is 1. The molecule has 4 nitrogen and oxygen atoms in total. The van der Waals surface area contributed by atoms with Gasteiger partial charge in [0.2, 0.25) is 0 Å². The Bertz CT molecular complexity index is 994. The SMILES string of the molecule is O=C(NCC(F)(F)C(O)c1ccccc1)OCC1c2ccccc2-c2ccccc21. The van der Waals surface area contributed by atoms with Gasteiger partial charge < -0.3 is 15.2 Å². The predicted molar refractivity (Wildman–Crippen MR) is 109 cm³/mol. The first-order valence-corrected chi connectivity index (χ1v) is 9.67. The lowest BCUT2D eigenvalue weighted by molar-refractivity contribution is -0.107. The summed E-state index contributed by atoms with van der Waals surface area (Å²) in [6.07, 6.45) is -2.97. The minimum atomic E-state index is -3.53. The number of carbonyl (C=O) groups is 1. The second-order valence-corrected chi connectivity index (χ2v) is 7.25. The number of hydrogen-bond acceptors (Lipinski definition) is 3. The van der Waals surface area contributed by atoms with Crippen molar-refractivity contribution in [2.24, 2.45) is 0 Å². The molecule has 1 unspecified atom stereocenters. The minimum absolute atomic E-state index is 0.0344. The van der Waals surface area contributed by atoms with Crippen LogP contribution in [0.5, 0.6) is 0 Å². The molecule has 0 radical (unpaired) electrons. The summed E-state index contributed by atoms with van der Waals surface area (Å²) in [6, 6.07) is 23.3. The Labute approximate surface area is 173 Å². The molecule has 154 valence electrons. The Hall–Kier alpha value is -3.25. The van der Waals surface area contributed by atoms with E-state index in [0.717, 1.165) is 22.3 Å². The van der Waals surface area contributed by atoms with Crippen LogP contribution in [0.1, 0.15) is 28.7 Å². The van der Waals surface area contributed by atoms with Gasteiger partial charge in [0.25, 0.3) is 5.92 Å². The van der Waals surface area contributed by atoms with Gasteiger partial charge in [-0.25, -0.2) is 13.6 Å². The van der Waals surface area contributed by atoms with Crippen molar-refractivity contribution in [3.8, 4) is 11.1 Å². The number of nitrogens with one attached hydrogen (secondary N) is 1. The van der Waals surface area contributed by atoms with E-state index in [9.17, 15) is 18.7 Å². The standard InChI is InChI=1S/C24H21F2NO3/c25-24(26,22(28)16-8-2-1-3-9-16)15-27-23(29)30-14-21-19-12-6-4-10-17(19)18-11-5-7-13-20(18)21/h1-13,21-22,28H,14-15H2,(H,27,29). The highest BCUT2D eigenvalue weighted by molar-refractivity contribution is 5.79. The van der Waals surface area contributed by atoms with E-state index in [1.165, 1.54) is 12.1 Å². The van der Waals surface area contributed by atoms with Crippen molar-refractivity contribution < 1.29 is 23.4 Å². The van der Waals surface area contributed by atoms with Crippen molar-refractivity contribution in [1.29, 1.82) is 0 Å². The molecule has 1 amide bonds. The summed E-state index contributed by atoms with van der Waals surface area (Å²) < 4.78 is 33.8. The van der Waals surface area contributed by atoms with Crippen LogP contribution in [-0.2, 0) is 4.74 Å². The van der Waals surface area contributed by atoms with E-state index in [-0.39, 0.29) is 18.1 Å². The fourth-order valence-electron chi connectivity index (χ4n) is 3.82. The molecular formula is C24H21F2NO3. The fraction of sp³-hybridized carbons (Fsp3) is 0.208. The number of aliphatic hydroxyl groups is 1. The zero-order chi connectivity index (χ0) is 21.1.